The summed E-state index contributed by atoms with van der Waals surface area (Å²) in [6.45, 7) is 1.52. The summed E-state index contributed by atoms with van der Waals surface area (Å²) in [5.41, 5.74) is 5.53. The summed E-state index contributed by atoms with van der Waals surface area (Å²) in [7, 11) is 1.84. The Kier molecular flexibility index (Phi) is 5.65. The third kappa shape index (κ3) is 3.98. The van der Waals surface area contributed by atoms with E-state index in [1.165, 1.54) is 0 Å². The van der Waals surface area contributed by atoms with Crippen LogP contribution in [0.3, 0.4) is 0 Å². The quantitative estimate of drug-likeness (QED) is 0.854. The van der Waals surface area contributed by atoms with Crippen LogP contribution in [-0.2, 0) is 4.79 Å². The molecule has 0 aliphatic heterocycles. The summed E-state index contributed by atoms with van der Waals surface area (Å²) in [5, 5.41) is 0. The zero-order valence-electron chi connectivity index (χ0n) is 12.5. The molecule has 1 saturated carbocycles. The minimum Gasteiger partial charge on any atom is -0.492 e. The van der Waals surface area contributed by atoms with Gasteiger partial charge in [0.25, 0.3) is 0 Å². The fourth-order valence-corrected chi connectivity index (χ4v) is 3.16. The molecule has 0 aromatic heterocycles. The summed E-state index contributed by atoms with van der Waals surface area (Å²) >= 11 is 3.39. The number of hydrogen-bond acceptors (Lipinski definition) is 3. The Morgan fingerprint density at radius 3 is 2.52 bits per heavy atom. The predicted molar refractivity (Wildman–Crippen MR) is 87.2 cm³/mol. The third-order valence-electron chi connectivity index (χ3n) is 4.26. The number of likely N-dealkylation sites (N-methyl/N-ethyl adjacent to an activating group) is 1. The smallest absolute Gasteiger partial charge is 0.229 e. The van der Waals surface area contributed by atoms with Gasteiger partial charge in [0.05, 0.1) is 12.0 Å². The lowest BCUT2D eigenvalue weighted by Gasteiger charge is -2.31. The standard InChI is InChI=1S/C16H23BrN2O2/c1-19(15(20)16(12-18)8-2-3-9-16)10-11-21-14-6-4-13(17)5-7-14/h4-7H,2-3,8-12,18H2,1H3. The number of nitrogens with two attached hydrogens (primary N) is 1. The molecule has 21 heavy (non-hydrogen) atoms. The van der Waals surface area contributed by atoms with Crippen molar-refractivity contribution in [3.63, 3.8) is 0 Å². The first kappa shape index (κ1) is 16.3. The fourth-order valence-electron chi connectivity index (χ4n) is 2.89. The highest BCUT2D eigenvalue weighted by Gasteiger charge is 2.41. The van der Waals surface area contributed by atoms with Crippen molar-refractivity contribution < 1.29 is 9.53 Å². The van der Waals surface area contributed by atoms with E-state index in [9.17, 15) is 4.79 Å². The highest BCUT2D eigenvalue weighted by Crippen LogP contribution is 2.38. The highest BCUT2D eigenvalue weighted by atomic mass is 79.9. The number of nitrogens with zero attached hydrogens (tertiary/aromatic N) is 1. The lowest BCUT2D eigenvalue weighted by atomic mass is 9.85. The molecule has 1 fully saturated rings. The van der Waals surface area contributed by atoms with E-state index in [4.69, 9.17) is 10.5 Å². The molecule has 4 nitrogen and oxygen atoms in total. The lowest BCUT2D eigenvalue weighted by molar-refractivity contribution is -0.140. The van der Waals surface area contributed by atoms with E-state index in [1.54, 1.807) is 4.90 Å². The Labute approximate surface area is 134 Å². The molecule has 0 spiro atoms. The van der Waals surface area contributed by atoms with Crippen molar-refractivity contribution >= 4 is 21.8 Å². The van der Waals surface area contributed by atoms with Gasteiger partial charge in [-0.05, 0) is 37.1 Å². The Morgan fingerprint density at radius 1 is 1.33 bits per heavy atom. The number of rotatable bonds is 6. The maximum Gasteiger partial charge on any atom is 0.229 e. The summed E-state index contributed by atoms with van der Waals surface area (Å²) in [6, 6.07) is 7.69. The molecule has 2 rings (SSSR count). The van der Waals surface area contributed by atoms with Crippen LogP contribution < -0.4 is 10.5 Å². The van der Waals surface area contributed by atoms with Gasteiger partial charge in [-0.1, -0.05) is 28.8 Å². The Morgan fingerprint density at radius 2 is 1.95 bits per heavy atom. The van der Waals surface area contributed by atoms with Crippen LogP contribution in [0.4, 0.5) is 0 Å². The summed E-state index contributed by atoms with van der Waals surface area (Å²) < 4.78 is 6.69. The van der Waals surface area contributed by atoms with Gasteiger partial charge in [-0.25, -0.2) is 0 Å². The summed E-state index contributed by atoms with van der Waals surface area (Å²) in [4.78, 5) is 14.3. The number of carbonyl (C=O) groups excluding carboxylic acids is 1. The summed E-state index contributed by atoms with van der Waals surface area (Å²) in [5.74, 6) is 0.982. The topological polar surface area (TPSA) is 55.6 Å². The monoisotopic (exact) mass is 354 g/mol. The maximum absolute atomic E-state index is 12.6. The molecule has 0 heterocycles. The number of carbonyl (C=O) groups is 1. The molecule has 1 aliphatic rings. The molecule has 5 heteroatoms. The average Bonchev–Trinajstić information content (AvgIpc) is 2.98. The van der Waals surface area contributed by atoms with Gasteiger partial charge < -0.3 is 15.4 Å². The zero-order valence-corrected chi connectivity index (χ0v) is 14.1. The van der Waals surface area contributed by atoms with Crippen molar-refractivity contribution in [2.24, 2.45) is 11.1 Å². The minimum absolute atomic E-state index is 0.168. The first-order chi connectivity index (χ1) is 10.1. The molecule has 0 unspecified atom stereocenters. The van der Waals surface area contributed by atoms with E-state index < -0.39 is 0 Å². The van der Waals surface area contributed by atoms with E-state index in [1.807, 2.05) is 31.3 Å². The number of ether oxygens (including phenoxy) is 1. The Bertz CT molecular complexity index is 470. The molecule has 0 atom stereocenters. The van der Waals surface area contributed by atoms with Crippen molar-refractivity contribution in [1.82, 2.24) is 4.90 Å². The first-order valence-corrected chi connectivity index (χ1v) is 8.21. The molecule has 0 saturated heterocycles. The number of amides is 1. The lowest BCUT2D eigenvalue weighted by Crippen LogP contribution is -2.46. The van der Waals surface area contributed by atoms with Gasteiger partial charge >= 0.3 is 0 Å². The van der Waals surface area contributed by atoms with E-state index in [2.05, 4.69) is 15.9 Å². The predicted octanol–water partition coefficient (Wildman–Crippen LogP) is 2.81. The Hall–Kier alpha value is -1.07. The maximum atomic E-state index is 12.6. The number of hydrogen-bond donors (Lipinski definition) is 1. The Balaban J connectivity index is 1.82. The molecule has 1 aromatic rings. The zero-order chi connectivity index (χ0) is 15.3. The van der Waals surface area contributed by atoms with Crippen molar-refractivity contribution in [1.29, 1.82) is 0 Å². The second-order valence-electron chi connectivity index (χ2n) is 5.72. The van der Waals surface area contributed by atoms with E-state index >= 15 is 0 Å². The van der Waals surface area contributed by atoms with Gasteiger partial charge in [0, 0.05) is 18.1 Å². The van der Waals surface area contributed by atoms with Gasteiger partial charge in [0.15, 0.2) is 0 Å². The number of halogens is 1. The van der Waals surface area contributed by atoms with Gasteiger partial charge in [0.2, 0.25) is 5.91 Å². The molecule has 116 valence electrons. The summed E-state index contributed by atoms with van der Waals surface area (Å²) in [6.07, 6.45) is 4.04. The van der Waals surface area contributed by atoms with Crippen LogP contribution in [0.5, 0.6) is 5.75 Å². The molecule has 1 aromatic carbocycles. The second kappa shape index (κ2) is 7.27. The van der Waals surface area contributed by atoms with Gasteiger partial charge in [-0.2, -0.15) is 0 Å². The molecule has 1 aliphatic carbocycles. The SMILES string of the molecule is CN(CCOc1ccc(Br)cc1)C(=O)C1(CN)CCCC1. The fraction of sp³-hybridized carbons (Fsp3) is 0.562. The van der Waals surface area contributed by atoms with Crippen LogP contribution in [0, 0.1) is 5.41 Å². The average molecular weight is 355 g/mol. The van der Waals surface area contributed by atoms with Gasteiger partial charge in [-0.3, -0.25) is 4.79 Å². The van der Waals surface area contributed by atoms with Crippen molar-refractivity contribution in [3.8, 4) is 5.75 Å². The van der Waals surface area contributed by atoms with E-state index in [0.717, 1.165) is 35.9 Å². The van der Waals surface area contributed by atoms with Crippen LogP contribution in [0.25, 0.3) is 0 Å². The van der Waals surface area contributed by atoms with Crippen LogP contribution >= 0.6 is 15.9 Å². The van der Waals surface area contributed by atoms with Crippen LogP contribution in [0.2, 0.25) is 0 Å². The molecular weight excluding hydrogens is 332 g/mol. The van der Waals surface area contributed by atoms with Crippen LogP contribution in [0.1, 0.15) is 25.7 Å². The van der Waals surface area contributed by atoms with Crippen molar-refractivity contribution in [2.75, 3.05) is 26.7 Å². The normalized spacial score (nSPS) is 16.7. The molecule has 2 N–H and O–H groups in total. The van der Waals surface area contributed by atoms with Gasteiger partial charge in [0.1, 0.15) is 12.4 Å². The molecule has 0 bridgehead atoms. The third-order valence-corrected chi connectivity index (χ3v) is 4.79. The second-order valence-corrected chi connectivity index (χ2v) is 6.64. The first-order valence-electron chi connectivity index (χ1n) is 7.41. The molecular formula is C16H23BrN2O2. The van der Waals surface area contributed by atoms with Gasteiger partial charge in [-0.15, -0.1) is 0 Å². The number of benzene rings is 1. The van der Waals surface area contributed by atoms with E-state index in [0.29, 0.717) is 19.7 Å². The van der Waals surface area contributed by atoms with Crippen molar-refractivity contribution in [2.45, 2.75) is 25.7 Å². The molecule has 1 amide bonds. The van der Waals surface area contributed by atoms with Crippen molar-refractivity contribution in [3.05, 3.63) is 28.7 Å². The minimum atomic E-state index is -0.327. The largest absolute Gasteiger partial charge is 0.492 e. The van der Waals surface area contributed by atoms with Crippen LogP contribution in [0.15, 0.2) is 28.7 Å². The van der Waals surface area contributed by atoms with Crippen LogP contribution in [-0.4, -0.2) is 37.6 Å². The van der Waals surface area contributed by atoms with E-state index in [-0.39, 0.29) is 11.3 Å². The highest BCUT2D eigenvalue weighted by molar-refractivity contribution is 9.10. The molecule has 0 radical (unpaired) electrons.